The van der Waals surface area contributed by atoms with E-state index in [-0.39, 0.29) is 34.2 Å². The molecular formula is C16H15N3O8. The van der Waals surface area contributed by atoms with E-state index in [1.54, 1.807) is 0 Å². The summed E-state index contributed by atoms with van der Waals surface area (Å²) >= 11 is 0. The van der Waals surface area contributed by atoms with Crippen molar-refractivity contribution in [1.82, 2.24) is 0 Å². The van der Waals surface area contributed by atoms with Crippen molar-refractivity contribution >= 4 is 23.0 Å². The maximum atomic E-state index is 12.6. The van der Waals surface area contributed by atoms with Gasteiger partial charge in [0.1, 0.15) is 11.3 Å². The zero-order valence-electron chi connectivity index (χ0n) is 14.5. The van der Waals surface area contributed by atoms with Gasteiger partial charge >= 0.3 is 0 Å². The van der Waals surface area contributed by atoms with Crippen molar-refractivity contribution in [3.8, 4) is 17.2 Å². The minimum Gasteiger partial charge on any atom is -0.495 e. The summed E-state index contributed by atoms with van der Waals surface area (Å²) in [6, 6.07) is 5.79. The number of non-ortho nitro benzene ring substituents is 1. The number of ether oxygens (including phenoxy) is 3. The van der Waals surface area contributed by atoms with Gasteiger partial charge in [-0.1, -0.05) is 0 Å². The van der Waals surface area contributed by atoms with Crippen LogP contribution in [0.4, 0.5) is 17.1 Å². The second-order valence-electron chi connectivity index (χ2n) is 5.08. The van der Waals surface area contributed by atoms with Gasteiger partial charge in [0.15, 0.2) is 11.5 Å². The van der Waals surface area contributed by atoms with Crippen LogP contribution in [0.15, 0.2) is 30.3 Å². The molecule has 0 spiro atoms. The van der Waals surface area contributed by atoms with Crippen molar-refractivity contribution in [3.05, 3.63) is 56.1 Å². The number of methoxy groups -OCH3 is 3. The number of hydrogen-bond acceptors (Lipinski definition) is 8. The van der Waals surface area contributed by atoms with Crippen LogP contribution < -0.4 is 19.5 Å². The molecule has 0 aliphatic heterocycles. The Labute approximate surface area is 152 Å². The summed E-state index contributed by atoms with van der Waals surface area (Å²) in [6.07, 6.45) is 0. The first kappa shape index (κ1) is 19.4. The smallest absolute Gasteiger partial charge is 0.286 e. The Morgan fingerprint density at radius 2 is 1.48 bits per heavy atom. The standard InChI is InChI=1S/C16H15N3O8/c1-25-13-5-4-9(18(21)22)6-11(13)17-16(20)10-7-14(26-2)15(27-3)8-12(10)19(23)24/h4-8H,1-3H3,(H,17,20). The second kappa shape index (κ2) is 7.99. The van der Waals surface area contributed by atoms with Crippen molar-refractivity contribution in [2.45, 2.75) is 0 Å². The maximum absolute atomic E-state index is 12.6. The van der Waals surface area contributed by atoms with Gasteiger partial charge in [0, 0.05) is 18.2 Å². The summed E-state index contributed by atoms with van der Waals surface area (Å²) in [7, 11) is 3.93. The molecule has 1 amide bonds. The largest absolute Gasteiger partial charge is 0.495 e. The summed E-state index contributed by atoms with van der Waals surface area (Å²) in [5.41, 5.74) is -1.13. The number of rotatable bonds is 7. The molecule has 0 aliphatic rings. The summed E-state index contributed by atoms with van der Waals surface area (Å²) in [6.45, 7) is 0. The normalized spacial score (nSPS) is 10.0. The third-order valence-electron chi connectivity index (χ3n) is 3.59. The molecule has 11 nitrogen and oxygen atoms in total. The first-order chi connectivity index (χ1) is 12.8. The van der Waals surface area contributed by atoms with E-state index in [0.29, 0.717) is 0 Å². The summed E-state index contributed by atoms with van der Waals surface area (Å²) in [5, 5.41) is 24.7. The summed E-state index contributed by atoms with van der Waals surface area (Å²) in [5.74, 6) is -0.536. The molecule has 0 atom stereocenters. The number of nitro groups is 2. The molecule has 0 unspecified atom stereocenters. The second-order valence-corrected chi connectivity index (χ2v) is 5.08. The highest BCUT2D eigenvalue weighted by Gasteiger charge is 2.25. The fourth-order valence-electron chi connectivity index (χ4n) is 2.30. The molecule has 27 heavy (non-hydrogen) atoms. The van der Waals surface area contributed by atoms with Crippen molar-refractivity contribution in [1.29, 1.82) is 0 Å². The number of benzene rings is 2. The fourth-order valence-corrected chi connectivity index (χ4v) is 2.30. The monoisotopic (exact) mass is 377 g/mol. The highest BCUT2D eigenvalue weighted by Crippen LogP contribution is 2.36. The molecule has 0 fully saturated rings. The first-order valence-electron chi connectivity index (χ1n) is 7.36. The average molecular weight is 377 g/mol. The molecule has 0 bridgehead atoms. The fraction of sp³-hybridized carbons (Fsp3) is 0.188. The minimum atomic E-state index is -0.874. The number of anilines is 1. The summed E-state index contributed by atoms with van der Waals surface area (Å²) < 4.78 is 15.1. The molecule has 0 saturated carbocycles. The predicted molar refractivity (Wildman–Crippen MR) is 93.8 cm³/mol. The van der Waals surface area contributed by atoms with Crippen molar-refractivity contribution < 1.29 is 28.9 Å². The quantitative estimate of drug-likeness (QED) is 0.573. The molecule has 0 radical (unpaired) electrons. The minimum absolute atomic E-state index is 0.0132. The van der Waals surface area contributed by atoms with E-state index >= 15 is 0 Å². The van der Waals surface area contributed by atoms with Gasteiger partial charge in [-0.3, -0.25) is 25.0 Å². The van der Waals surface area contributed by atoms with Gasteiger partial charge in [-0.25, -0.2) is 0 Å². The number of amides is 1. The maximum Gasteiger partial charge on any atom is 0.286 e. The Kier molecular flexibility index (Phi) is 5.75. The number of nitrogens with zero attached hydrogens (tertiary/aromatic N) is 2. The van der Waals surface area contributed by atoms with E-state index in [2.05, 4.69) is 5.32 Å². The molecule has 0 aromatic heterocycles. The highest BCUT2D eigenvalue weighted by molar-refractivity contribution is 6.08. The molecule has 2 aromatic carbocycles. The Balaban J connectivity index is 2.51. The number of hydrogen-bond donors (Lipinski definition) is 1. The lowest BCUT2D eigenvalue weighted by Crippen LogP contribution is -2.15. The van der Waals surface area contributed by atoms with E-state index in [9.17, 15) is 25.0 Å². The molecule has 142 valence electrons. The predicted octanol–water partition coefficient (Wildman–Crippen LogP) is 2.78. The SMILES string of the molecule is COc1ccc([N+](=O)[O-])cc1NC(=O)c1cc(OC)c(OC)cc1[N+](=O)[O-]. The van der Waals surface area contributed by atoms with Crippen LogP contribution in [0.25, 0.3) is 0 Å². The van der Waals surface area contributed by atoms with Crippen LogP contribution in [-0.2, 0) is 0 Å². The van der Waals surface area contributed by atoms with Gasteiger partial charge in [0.05, 0.1) is 42.9 Å². The van der Waals surface area contributed by atoms with Crippen LogP contribution in [0.1, 0.15) is 10.4 Å². The van der Waals surface area contributed by atoms with Crippen molar-refractivity contribution in [2.75, 3.05) is 26.6 Å². The lowest BCUT2D eigenvalue weighted by molar-refractivity contribution is -0.385. The summed E-state index contributed by atoms with van der Waals surface area (Å²) in [4.78, 5) is 33.5. The molecule has 2 aromatic rings. The lowest BCUT2D eigenvalue weighted by Gasteiger charge is -2.12. The van der Waals surface area contributed by atoms with E-state index < -0.39 is 21.4 Å². The Hall–Kier alpha value is -3.89. The third kappa shape index (κ3) is 4.03. The number of nitro benzene ring substituents is 2. The van der Waals surface area contributed by atoms with E-state index in [4.69, 9.17) is 14.2 Å². The first-order valence-corrected chi connectivity index (χ1v) is 7.36. The molecular weight excluding hydrogens is 362 g/mol. The molecule has 0 heterocycles. The lowest BCUT2D eigenvalue weighted by atomic mass is 10.1. The van der Waals surface area contributed by atoms with E-state index in [1.807, 2.05) is 0 Å². The molecule has 0 aliphatic carbocycles. The van der Waals surface area contributed by atoms with Crippen LogP contribution >= 0.6 is 0 Å². The molecule has 0 saturated heterocycles. The van der Waals surface area contributed by atoms with Crippen molar-refractivity contribution in [3.63, 3.8) is 0 Å². The van der Waals surface area contributed by atoms with Gasteiger partial charge in [-0.05, 0) is 6.07 Å². The van der Waals surface area contributed by atoms with Gasteiger partial charge in [0.2, 0.25) is 0 Å². The van der Waals surface area contributed by atoms with E-state index in [1.165, 1.54) is 33.5 Å². The Bertz CT molecular complexity index is 913. The Morgan fingerprint density at radius 3 is 2.00 bits per heavy atom. The number of nitrogens with one attached hydrogen (secondary N) is 1. The van der Waals surface area contributed by atoms with Crippen LogP contribution in [0.2, 0.25) is 0 Å². The van der Waals surface area contributed by atoms with Gasteiger partial charge in [0.25, 0.3) is 17.3 Å². The van der Waals surface area contributed by atoms with Gasteiger partial charge in [-0.2, -0.15) is 0 Å². The molecule has 1 N–H and O–H groups in total. The van der Waals surface area contributed by atoms with Crippen LogP contribution in [0.3, 0.4) is 0 Å². The third-order valence-corrected chi connectivity index (χ3v) is 3.59. The highest BCUT2D eigenvalue weighted by atomic mass is 16.6. The zero-order chi connectivity index (χ0) is 20.1. The van der Waals surface area contributed by atoms with Crippen molar-refractivity contribution in [2.24, 2.45) is 0 Å². The topological polar surface area (TPSA) is 143 Å². The average Bonchev–Trinajstić information content (AvgIpc) is 2.66. The zero-order valence-corrected chi connectivity index (χ0v) is 14.5. The molecule has 11 heteroatoms. The Morgan fingerprint density at radius 1 is 0.889 bits per heavy atom. The molecule has 2 rings (SSSR count). The number of carbonyl (C=O) groups is 1. The van der Waals surface area contributed by atoms with Crippen LogP contribution in [-0.4, -0.2) is 37.1 Å². The van der Waals surface area contributed by atoms with Gasteiger partial charge < -0.3 is 19.5 Å². The number of carbonyl (C=O) groups excluding carboxylic acids is 1. The van der Waals surface area contributed by atoms with E-state index in [0.717, 1.165) is 18.2 Å². The van der Waals surface area contributed by atoms with Gasteiger partial charge in [-0.15, -0.1) is 0 Å². The van der Waals surface area contributed by atoms with Crippen LogP contribution in [0, 0.1) is 20.2 Å². The van der Waals surface area contributed by atoms with Crippen LogP contribution in [0.5, 0.6) is 17.2 Å².